The van der Waals surface area contributed by atoms with Gasteiger partial charge in [-0.2, -0.15) is 0 Å². The number of imidazole rings is 1. The van der Waals surface area contributed by atoms with Gasteiger partial charge in [-0.15, -0.1) is 0 Å². The van der Waals surface area contributed by atoms with Crippen molar-refractivity contribution in [2.24, 2.45) is 5.92 Å². The number of rotatable bonds is 6. The van der Waals surface area contributed by atoms with Crippen LogP contribution in [-0.4, -0.2) is 37.6 Å². The van der Waals surface area contributed by atoms with Gasteiger partial charge in [0.05, 0.1) is 11.7 Å². The molecule has 3 aromatic heterocycles. The zero-order valence-electron chi connectivity index (χ0n) is 21.0. The van der Waals surface area contributed by atoms with Crippen LogP contribution in [0.5, 0.6) is 0 Å². The monoisotopic (exact) mass is 491 g/mol. The van der Waals surface area contributed by atoms with Crippen LogP contribution in [0.15, 0.2) is 36.7 Å². The van der Waals surface area contributed by atoms with E-state index in [0.717, 1.165) is 32.1 Å². The number of aromatic nitrogens is 5. The minimum atomic E-state index is -0.634. The Labute approximate surface area is 209 Å². The largest absolute Gasteiger partial charge is 0.326 e. The molecule has 5 rings (SSSR count). The fraction of sp³-hybridized carbons (Fsp3) is 0.407. The van der Waals surface area contributed by atoms with Gasteiger partial charge in [0, 0.05) is 17.8 Å². The summed E-state index contributed by atoms with van der Waals surface area (Å²) in [6, 6.07) is 7.01. The fourth-order valence-electron chi connectivity index (χ4n) is 5.17. The SMILES string of the molecule is Cc1nc2c(F)cc(-c3nc(Nc4ccc([C@H](C)C5CCNCC5)cn4)ncc3F)cc2n1C(C)C. The van der Waals surface area contributed by atoms with Gasteiger partial charge >= 0.3 is 0 Å². The van der Waals surface area contributed by atoms with Crippen molar-refractivity contribution in [1.82, 2.24) is 29.8 Å². The van der Waals surface area contributed by atoms with Gasteiger partial charge in [0.1, 0.15) is 22.9 Å². The Morgan fingerprint density at radius 2 is 1.78 bits per heavy atom. The molecule has 1 fully saturated rings. The molecule has 0 amide bonds. The average Bonchev–Trinajstić information content (AvgIpc) is 3.22. The van der Waals surface area contributed by atoms with Gasteiger partial charge in [-0.05, 0) is 82.3 Å². The number of halogens is 2. The minimum absolute atomic E-state index is 0.0126. The molecule has 36 heavy (non-hydrogen) atoms. The van der Waals surface area contributed by atoms with E-state index in [4.69, 9.17) is 0 Å². The van der Waals surface area contributed by atoms with Gasteiger partial charge in [-0.3, -0.25) is 0 Å². The Morgan fingerprint density at radius 1 is 1.00 bits per heavy atom. The van der Waals surface area contributed by atoms with E-state index in [2.05, 4.69) is 43.6 Å². The van der Waals surface area contributed by atoms with Crippen LogP contribution in [0.2, 0.25) is 0 Å². The summed E-state index contributed by atoms with van der Waals surface area (Å²) in [6.45, 7) is 10.2. The first-order valence-corrected chi connectivity index (χ1v) is 12.5. The maximum atomic E-state index is 14.9. The van der Waals surface area contributed by atoms with Crippen LogP contribution in [0, 0.1) is 24.5 Å². The Hall–Kier alpha value is -3.46. The number of benzene rings is 1. The second kappa shape index (κ2) is 9.89. The summed E-state index contributed by atoms with van der Waals surface area (Å²) in [5.74, 6) is 1.36. The minimum Gasteiger partial charge on any atom is -0.326 e. The fourth-order valence-corrected chi connectivity index (χ4v) is 5.17. The highest BCUT2D eigenvalue weighted by molar-refractivity contribution is 5.83. The summed E-state index contributed by atoms with van der Waals surface area (Å²) in [5.41, 5.74) is 2.39. The first-order valence-electron chi connectivity index (χ1n) is 12.5. The van der Waals surface area contributed by atoms with Gasteiger partial charge in [0.15, 0.2) is 11.6 Å². The average molecular weight is 492 g/mol. The molecule has 4 aromatic rings. The third kappa shape index (κ3) is 4.67. The summed E-state index contributed by atoms with van der Waals surface area (Å²) >= 11 is 0. The number of pyridine rings is 1. The van der Waals surface area contributed by atoms with Gasteiger partial charge in [-0.1, -0.05) is 13.0 Å². The zero-order chi connectivity index (χ0) is 25.4. The molecule has 0 unspecified atom stereocenters. The molecular formula is C27H31F2N7. The maximum absolute atomic E-state index is 14.9. The number of aryl methyl sites for hydroxylation is 1. The van der Waals surface area contributed by atoms with E-state index in [1.54, 1.807) is 6.07 Å². The van der Waals surface area contributed by atoms with E-state index in [1.165, 1.54) is 11.6 Å². The molecule has 1 aromatic carbocycles. The Morgan fingerprint density at radius 3 is 2.47 bits per heavy atom. The smallest absolute Gasteiger partial charge is 0.229 e. The van der Waals surface area contributed by atoms with Crippen molar-refractivity contribution in [2.45, 2.75) is 52.5 Å². The highest BCUT2D eigenvalue weighted by Crippen LogP contribution is 2.32. The second-order valence-corrected chi connectivity index (χ2v) is 9.82. The number of hydrogen-bond acceptors (Lipinski definition) is 6. The van der Waals surface area contributed by atoms with Crippen LogP contribution in [-0.2, 0) is 0 Å². The number of anilines is 2. The summed E-state index contributed by atoms with van der Waals surface area (Å²) in [7, 11) is 0. The van der Waals surface area contributed by atoms with Gasteiger partial charge < -0.3 is 15.2 Å². The molecule has 0 bridgehead atoms. The number of piperidine rings is 1. The Balaban J connectivity index is 1.41. The van der Waals surface area contributed by atoms with Crippen LogP contribution in [0.3, 0.4) is 0 Å². The standard InChI is InChI=1S/C27H31F2N7/c1-15(2)36-17(4)33-26-21(28)11-20(12-23(26)36)25-22(29)14-32-27(35-25)34-24-6-5-19(13-31-24)16(3)18-7-9-30-10-8-18/h5-6,11-16,18,30H,7-10H2,1-4H3,(H,31,32,34,35)/t16-/m1/s1. The lowest BCUT2D eigenvalue weighted by Crippen LogP contribution is -2.30. The lowest BCUT2D eigenvalue weighted by molar-refractivity contribution is 0.330. The molecule has 188 valence electrons. The van der Waals surface area contributed by atoms with Crippen molar-refractivity contribution >= 4 is 22.8 Å². The van der Waals surface area contributed by atoms with Crippen LogP contribution >= 0.6 is 0 Å². The third-order valence-corrected chi connectivity index (χ3v) is 7.10. The Bertz CT molecular complexity index is 1380. The van der Waals surface area contributed by atoms with Crippen LogP contribution in [0.4, 0.5) is 20.5 Å². The molecule has 4 heterocycles. The summed E-state index contributed by atoms with van der Waals surface area (Å²) in [5, 5.41) is 6.46. The van der Waals surface area contributed by atoms with Gasteiger partial charge in [-0.25, -0.2) is 28.7 Å². The highest BCUT2D eigenvalue weighted by Gasteiger charge is 2.22. The number of nitrogens with zero attached hydrogens (tertiary/aromatic N) is 5. The van der Waals surface area contributed by atoms with Crippen molar-refractivity contribution in [3.63, 3.8) is 0 Å². The van der Waals surface area contributed by atoms with Crippen molar-refractivity contribution < 1.29 is 8.78 Å². The first-order chi connectivity index (χ1) is 17.3. The molecule has 2 N–H and O–H groups in total. The Kier molecular flexibility index (Phi) is 6.66. The van der Waals surface area contributed by atoms with E-state index < -0.39 is 11.6 Å². The maximum Gasteiger partial charge on any atom is 0.229 e. The second-order valence-electron chi connectivity index (χ2n) is 9.82. The predicted molar refractivity (Wildman–Crippen MR) is 137 cm³/mol. The molecule has 0 radical (unpaired) electrons. The molecule has 9 heteroatoms. The van der Waals surface area contributed by atoms with Crippen molar-refractivity contribution in [2.75, 3.05) is 18.4 Å². The molecule has 1 atom stereocenters. The van der Waals surface area contributed by atoms with Crippen molar-refractivity contribution in [3.8, 4) is 11.3 Å². The van der Waals surface area contributed by atoms with E-state index >= 15 is 0 Å². The van der Waals surface area contributed by atoms with E-state index in [-0.39, 0.29) is 23.2 Å². The van der Waals surface area contributed by atoms with Crippen LogP contribution in [0.1, 0.15) is 57.0 Å². The lowest BCUT2D eigenvalue weighted by Gasteiger charge is -2.28. The van der Waals surface area contributed by atoms with Crippen molar-refractivity contribution in [3.05, 3.63) is 59.7 Å². The number of hydrogen-bond donors (Lipinski definition) is 2. The van der Waals surface area contributed by atoms with Crippen LogP contribution < -0.4 is 10.6 Å². The summed E-state index contributed by atoms with van der Waals surface area (Å²) in [4.78, 5) is 17.3. The van der Waals surface area contributed by atoms with Gasteiger partial charge in [0.25, 0.3) is 0 Å². The third-order valence-electron chi connectivity index (χ3n) is 7.10. The summed E-state index contributed by atoms with van der Waals surface area (Å²) in [6.07, 6.45) is 5.29. The molecule has 1 saturated heterocycles. The van der Waals surface area contributed by atoms with Crippen molar-refractivity contribution in [1.29, 1.82) is 0 Å². The van der Waals surface area contributed by atoms with Gasteiger partial charge in [0.2, 0.25) is 5.95 Å². The lowest BCUT2D eigenvalue weighted by atomic mass is 9.82. The number of nitrogens with one attached hydrogen (secondary N) is 2. The molecule has 0 saturated carbocycles. The normalized spacial score (nSPS) is 15.5. The van der Waals surface area contributed by atoms with E-state index in [0.29, 0.717) is 34.6 Å². The van der Waals surface area contributed by atoms with E-state index in [9.17, 15) is 8.78 Å². The molecule has 7 nitrogen and oxygen atoms in total. The number of fused-ring (bicyclic) bond motifs is 1. The topological polar surface area (TPSA) is 80.6 Å². The van der Waals surface area contributed by atoms with Crippen LogP contribution in [0.25, 0.3) is 22.3 Å². The zero-order valence-corrected chi connectivity index (χ0v) is 21.0. The first kappa shape index (κ1) is 24.2. The molecule has 0 aliphatic carbocycles. The quantitative estimate of drug-likeness (QED) is 0.349. The molecule has 1 aliphatic heterocycles. The molecule has 0 spiro atoms. The summed E-state index contributed by atoms with van der Waals surface area (Å²) < 4.78 is 31.7. The predicted octanol–water partition coefficient (Wildman–Crippen LogP) is 5.90. The molecular weight excluding hydrogens is 460 g/mol. The highest BCUT2D eigenvalue weighted by atomic mass is 19.1. The molecule has 1 aliphatic rings. The van der Waals surface area contributed by atoms with E-state index in [1.807, 2.05) is 37.6 Å².